The molecule has 174 valence electrons. The number of nitrogens with one attached hydrogen (secondary N) is 1. The highest BCUT2D eigenvalue weighted by atomic mass is 32.2. The number of sulfonamides is 1. The summed E-state index contributed by atoms with van der Waals surface area (Å²) in [7, 11) is -3.97. The molecule has 4 rings (SSSR count). The second-order valence-electron chi connectivity index (χ2n) is 8.57. The van der Waals surface area contributed by atoms with Gasteiger partial charge in [0.05, 0.1) is 23.4 Å². The molecule has 3 N–H and O–H groups in total. The number of pyridine rings is 1. The Labute approximate surface area is 192 Å². The van der Waals surface area contributed by atoms with E-state index in [0.29, 0.717) is 24.4 Å². The lowest BCUT2D eigenvalue weighted by Crippen LogP contribution is -2.27. The van der Waals surface area contributed by atoms with E-state index in [1.165, 1.54) is 12.1 Å². The Morgan fingerprint density at radius 3 is 2.55 bits per heavy atom. The number of primary sulfonamides is 1. The van der Waals surface area contributed by atoms with Crippen molar-refractivity contribution in [3.63, 3.8) is 0 Å². The van der Waals surface area contributed by atoms with Crippen LogP contribution in [0.4, 0.5) is 16.0 Å². The summed E-state index contributed by atoms with van der Waals surface area (Å²) in [6.07, 6.45) is 8.98. The van der Waals surface area contributed by atoms with Crippen molar-refractivity contribution in [3.8, 4) is 5.75 Å². The molecule has 0 atom stereocenters. The quantitative estimate of drug-likeness (QED) is 0.507. The summed E-state index contributed by atoms with van der Waals surface area (Å²) in [5.41, 5.74) is 2.24. The number of halogens is 1. The second kappa shape index (κ2) is 9.40. The Morgan fingerprint density at radius 1 is 1.18 bits per heavy atom. The fourth-order valence-corrected chi connectivity index (χ4v) is 4.37. The average molecular weight is 472 g/mol. The molecule has 1 saturated carbocycles. The van der Waals surface area contributed by atoms with Crippen LogP contribution in [0.5, 0.6) is 5.75 Å². The zero-order chi connectivity index (χ0) is 23.6. The zero-order valence-electron chi connectivity index (χ0n) is 18.4. The van der Waals surface area contributed by atoms with E-state index in [1.807, 2.05) is 6.07 Å². The molecule has 2 aromatic heterocycles. The molecule has 0 unspecified atom stereocenters. The van der Waals surface area contributed by atoms with Gasteiger partial charge in [-0.25, -0.2) is 27.9 Å². The van der Waals surface area contributed by atoms with Crippen LogP contribution in [0.15, 0.2) is 53.9 Å². The van der Waals surface area contributed by atoms with Crippen LogP contribution < -0.4 is 15.2 Å². The van der Waals surface area contributed by atoms with Crippen molar-refractivity contribution in [2.45, 2.75) is 43.4 Å². The standard InChI is InChI=1S/C23H26FN5O3S/c1-14(2)19-5-6-26-12-22(19)32-13-15-7-16(8-15)17-10-27-23(28-11-17)29-21-4-3-18(9-20(21)24)33(25,30)31/h3-6,9-12,14-16H,7-8,13H2,1-2H3,(H2,25,30,31)(H,27,28,29). The molecule has 0 spiro atoms. The maximum absolute atomic E-state index is 14.2. The summed E-state index contributed by atoms with van der Waals surface area (Å²) in [6, 6.07) is 5.37. The van der Waals surface area contributed by atoms with E-state index in [1.54, 1.807) is 24.8 Å². The summed E-state index contributed by atoms with van der Waals surface area (Å²) in [4.78, 5) is 12.4. The van der Waals surface area contributed by atoms with E-state index in [2.05, 4.69) is 34.1 Å². The number of nitrogens with two attached hydrogens (primary N) is 1. The van der Waals surface area contributed by atoms with Gasteiger partial charge in [-0.15, -0.1) is 0 Å². The van der Waals surface area contributed by atoms with Gasteiger partial charge in [-0.2, -0.15) is 0 Å². The Morgan fingerprint density at radius 2 is 1.91 bits per heavy atom. The van der Waals surface area contributed by atoms with Crippen molar-refractivity contribution in [2.24, 2.45) is 11.1 Å². The number of nitrogens with zero attached hydrogens (tertiary/aromatic N) is 3. The first-order valence-corrected chi connectivity index (χ1v) is 12.2. The number of benzene rings is 1. The van der Waals surface area contributed by atoms with Crippen molar-refractivity contribution in [2.75, 3.05) is 11.9 Å². The smallest absolute Gasteiger partial charge is 0.238 e. The van der Waals surface area contributed by atoms with Crippen LogP contribution in [0.2, 0.25) is 0 Å². The van der Waals surface area contributed by atoms with Crippen LogP contribution in [0.1, 0.15) is 49.7 Å². The van der Waals surface area contributed by atoms with Gasteiger partial charge in [0.2, 0.25) is 16.0 Å². The number of hydrogen-bond donors (Lipinski definition) is 2. The van der Waals surface area contributed by atoms with E-state index < -0.39 is 15.8 Å². The molecule has 0 bridgehead atoms. The van der Waals surface area contributed by atoms with Crippen molar-refractivity contribution in [3.05, 3.63) is 66.0 Å². The summed E-state index contributed by atoms with van der Waals surface area (Å²) >= 11 is 0. The average Bonchev–Trinajstić information content (AvgIpc) is 2.74. The number of ether oxygens (including phenoxy) is 1. The molecule has 3 aromatic rings. The minimum atomic E-state index is -3.97. The van der Waals surface area contributed by atoms with Crippen molar-refractivity contribution >= 4 is 21.7 Å². The van der Waals surface area contributed by atoms with Crippen LogP contribution in [0, 0.1) is 11.7 Å². The highest BCUT2D eigenvalue weighted by Gasteiger charge is 2.31. The van der Waals surface area contributed by atoms with Crippen LogP contribution >= 0.6 is 0 Å². The lowest BCUT2D eigenvalue weighted by Gasteiger charge is -2.35. The SMILES string of the molecule is CC(C)c1ccncc1OCC1CC(c2cnc(Nc3ccc(S(N)(=O)=O)cc3F)nc2)C1. The first kappa shape index (κ1) is 23.1. The number of hydrogen-bond acceptors (Lipinski definition) is 7. The van der Waals surface area contributed by atoms with E-state index in [0.717, 1.165) is 35.8 Å². The minimum absolute atomic E-state index is 0.0622. The molecule has 1 aromatic carbocycles. The van der Waals surface area contributed by atoms with Gasteiger partial charge in [0.15, 0.2) is 0 Å². The van der Waals surface area contributed by atoms with Crippen LogP contribution in [-0.4, -0.2) is 30.0 Å². The van der Waals surface area contributed by atoms with E-state index in [9.17, 15) is 12.8 Å². The molecule has 0 saturated heterocycles. The van der Waals surface area contributed by atoms with Crippen molar-refractivity contribution in [1.29, 1.82) is 0 Å². The molecule has 33 heavy (non-hydrogen) atoms. The Hall–Kier alpha value is -3.11. The van der Waals surface area contributed by atoms with Crippen LogP contribution in [-0.2, 0) is 10.0 Å². The first-order chi connectivity index (χ1) is 15.7. The van der Waals surface area contributed by atoms with E-state index in [-0.39, 0.29) is 16.5 Å². The molecule has 1 aliphatic rings. The number of rotatable bonds is 8. The van der Waals surface area contributed by atoms with Crippen molar-refractivity contribution < 1.29 is 17.5 Å². The van der Waals surface area contributed by atoms with Gasteiger partial charge < -0.3 is 10.1 Å². The highest BCUT2D eigenvalue weighted by Crippen LogP contribution is 2.41. The van der Waals surface area contributed by atoms with E-state index in [4.69, 9.17) is 9.88 Å². The molecule has 10 heteroatoms. The third-order valence-corrected chi connectivity index (χ3v) is 6.72. The normalized spacial score (nSPS) is 18.1. The van der Waals surface area contributed by atoms with Gasteiger partial charge >= 0.3 is 0 Å². The molecular formula is C23H26FN5O3S. The lowest BCUT2D eigenvalue weighted by molar-refractivity contribution is 0.156. The third kappa shape index (κ3) is 5.45. The summed E-state index contributed by atoms with van der Waals surface area (Å²) in [6.45, 7) is 4.92. The molecule has 0 radical (unpaired) electrons. The summed E-state index contributed by atoms with van der Waals surface area (Å²) in [5.74, 6) is 1.50. The Bertz CT molecular complexity index is 1230. The Balaban J connectivity index is 1.30. The molecule has 8 nitrogen and oxygen atoms in total. The molecule has 1 aliphatic carbocycles. The monoisotopic (exact) mass is 471 g/mol. The molecule has 2 heterocycles. The predicted octanol–water partition coefficient (Wildman–Crippen LogP) is 4.10. The second-order valence-corrected chi connectivity index (χ2v) is 10.1. The summed E-state index contributed by atoms with van der Waals surface area (Å²) < 4.78 is 42.9. The highest BCUT2D eigenvalue weighted by molar-refractivity contribution is 7.89. The zero-order valence-corrected chi connectivity index (χ0v) is 19.2. The molecule has 1 fully saturated rings. The van der Waals surface area contributed by atoms with E-state index >= 15 is 0 Å². The van der Waals surface area contributed by atoms with Gasteiger partial charge in [0.25, 0.3) is 0 Å². The largest absolute Gasteiger partial charge is 0.491 e. The maximum Gasteiger partial charge on any atom is 0.238 e. The molecule has 0 amide bonds. The lowest BCUT2D eigenvalue weighted by atomic mass is 9.72. The fourth-order valence-electron chi connectivity index (χ4n) is 3.85. The van der Waals surface area contributed by atoms with Gasteiger partial charge in [0, 0.05) is 18.6 Å². The number of aromatic nitrogens is 3. The topological polar surface area (TPSA) is 120 Å². The van der Waals surface area contributed by atoms with Gasteiger partial charge in [-0.3, -0.25) is 4.98 Å². The first-order valence-electron chi connectivity index (χ1n) is 10.7. The van der Waals surface area contributed by atoms with Crippen molar-refractivity contribution in [1.82, 2.24) is 15.0 Å². The number of anilines is 2. The van der Waals surface area contributed by atoms with Gasteiger partial charge in [-0.05, 0) is 66.0 Å². The molecular weight excluding hydrogens is 445 g/mol. The minimum Gasteiger partial charge on any atom is -0.491 e. The van der Waals surface area contributed by atoms with Crippen LogP contribution in [0.25, 0.3) is 0 Å². The van der Waals surface area contributed by atoms with Gasteiger partial charge in [0.1, 0.15) is 11.6 Å². The Kier molecular flexibility index (Phi) is 6.57. The maximum atomic E-state index is 14.2. The summed E-state index contributed by atoms with van der Waals surface area (Å²) in [5, 5.41) is 7.77. The third-order valence-electron chi connectivity index (χ3n) is 5.81. The van der Waals surface area contributed by atoms with Gasteiger partial charge in [-0.1, -0.05) is 13.8 Å². The molecule has 0 aliphatic heterocycles. The van der Waals surface area contributed by atoms with Crippen LogP contribution in [0.3, 0.4) is 0 Å². The predicted molar refractivity (Wildman–Crippen MR) is 122 cm³/mol. The fraction of sp³-hybridized carbons (Fsp3) is 0.348.